The van der Waals surface area contributed by atoms with Gasteiger partial charge in [-0.3, -0.25) is 0 Å². The fourth-order valence-corrected chi connectivity index (χ4v) is 2.57. The van der Waals surface area contributed by atoms with Crippen molar-refractivity contribution in [2.24, 2.45) is 0 Å². The quantitative estimate of drug-likeness (QED) is 0.189. The van der Waals surface area contributed by atoms with Crippen LogP contribution in [0.15, 0.2) is 84.9 Å². The molecule has 4 aromatic carbocycles. The van der Waals surface area contributed by atoms with Gasteiger partial charge in [-0.05, 0) is 19.4 Å². The van der Waals surface area contributed by atoms with Crippen molar-refractivity contribution in [3.8, 4) is 11.1 Å². The third kappa shape index (κ3) is 16.9. The van der Waals surface area contributed by atoms with E-state index in [0.29, 0.717) is 0 Å². The van der Waals surface area contributed by atoms with Crippen molar-refractivity contribution in [2.75, 3.05) is 0 Å². The molecule has 0 unspecified atom stereocenters. The van der Waals surface area contributed by atoms with Crippen LogP contribution in [0.5, 0.6) is 0 Å². The van der Waals surface area contributed by atoms with Gasteiger partial charge in [-0.2, -0.15) is 54.6 Å². The maximum absolute atomic E-state index is 3.05. The first-order valence-electron chi connectivity index (χ1n) is 12.1. The van der Waals surface area contributed by atoms with Crippen LogP contribution in [0, 0.1) is 26.0 Å². The van der Waals surface area contributed by atoms with Crippen LogP contribution in [0.1, 0.15) is 66.5 Å². The Bertz CT molecular complexity index is 914. The smallest absolute Gasteiger partial charge is 0 e. The second kappa shape index (κ2) is 28.6. The third-order valence-electron chi connectivity index (χ3n) is 3.94. The Hall–Kier alpha value is -0.652. The molecule has 0 N–H and O–H groups in total. The van der Waals surface area contributed by atoms with Crippen LogP contribution in [0.3, 0.4) is 0 Å². The Balaban J connectivity index is -0.000000197. The van der Waals surface area contributed by atoms with E-state index in [0.717, 1.165) is 0 Å². The molecule has 0 aromatic heterocycles. The minimum atomic E-state index is 0. The van der Waals surface area contributed by atoms with E-state index in [4.69, 9.17) is 0 Å². The summed E-state index contributed by atoms with van der Waals surface area (Å²) in [5, 5.41) is 2.56. The maximum atomic E-state index is 3.05. The number of hydrogen-bond acceptors (Lipinski definition) is 0. The van der Waals surface area contributed by atoms with E-state index >= 15 is 0 Å². The normalized spacial score (nSPS) is 7.82. The zero-order chi connectivity index (χ0) is 24.8. The van der Waals surface area contributed by atoms with Crippen molar-refractivity contribution in [1.29, 1.82) is 0 Å². The van der Waals surface area contributed by atoms with Gasteiger partial charge < -0.3 is 0 Å². The third-order valence-corrected chi connectivity index (χ3v) is 3.94. The molecule has 2 radical (unpaired) electrons. The standard InChI is InChI=1S/C13H11.C11H9.4C2H6.2Y/c1-11-7-9-13(10-8-11)12-5-3-2-4-6-12;1-9-6-7-10-4-2-3-5-11(10)8-9;4*1-2;;/h3-10H,1H3;3-8H,1H3;4*1-2H3;;/q2*-1;;;;;;. The molecule has 0 fully saturated rings. The van der Waals surface area contributed by atoms with E-state index < -0.39 is 0 Å². The van der Waals surface area contributed by atoms with Gasteiger partial charge in [0.1, 0.15) is 0 Å². The number of benzene rings is 4. The molecule has 2 heteroatoms. The zero-order valence-corrected chi connectivity index (χ0v) is 28.9. The van der Waals surface area contributed by atoms with Crippen LogP contribution in [0.4, 0.5) is 0 Å². The van der Waals surface area contributed by atoms with E-state index in [-0.39, 0.29) is 65.4 Å². The predicted octanol–water partition coefficient (Wildman–Crippen LogP) is 10.5. The molecular formula is C32H44Y2-2. The van der Waals surface area contributed by atoms with E-state index in [9.17, 15) is 0 Å². The van der Waals surface area contributed by atoms with Crippen molar-refractivity contribution in [2.45, 2.75) is 69.2 Å². The SMILES string of the molecule is CC.CC.CC.CC.Cc1ccc(-c2cc[c-]cc2)cc1.Cc1ccc2c[c-]ccc2c1.[Y].[Y]. The van der Waals surface area contributed by atoms with Crippen LogP contribution in [0.25, 0.3) is 21.9 Å². The van der Waals surface area contributed by atoms with E-state index in [1.807, 2.05) is 79.7 Å². The monoisotopic (exact) mass is 606 g/mol. The Morgan fingerprint density at radius 1 is 0.441 bits per heavy atom. The molecule has 0 aliphatic rings. The van der Waals surface area contributed by atoms with Crippen LogP contribution in [-0.4, -0.2) is 0 Å². The van der Waals surface area contributed by atoms with Gasteiger partial charge in [-0.25, -0.2) is 0 Å². The van der Waals surface area contributed by atoms with Gasteiger partial charge in [-0.15, -0.1) is 22.4 Å². The Kier molecular flexibility index (Phi) is 34.1. The summed E-state index contributed by atoms with van der Waals surface area (Å²) in [4.78, 5) is 0. The Labute approximate surface area is 262 Å². The van der Waals surface area contributed by atoms with Gasteiger partial charge in [0.2, 0.25) is 0 Å². The number of aryl methyl sites for hydroxylation is 2. The minimum Gasteiger partial charge on any atom is -0.184 e. The first-order valence-corrected chi connectivity index (χ1v) is 12.1. The summed E-state index contributed by atoms with van der Waals surface area (Å²) in [5.41, 5.74) is 5.12. The Morgan fingerprint density at radius 2 is 0.882 bits per heavy atom. The van der Waals surface area contributed by atoms with Gasteiger partial charge in [0.25, 0.3) is 0 Å². The second-order valence-corrected chi connectivity index (χ2v) is 5.93. The molecule has 0 amide bonds. The molecule has 0 bridgehead atoms. The van der Waals surface area contributed by atoms with Crippen molar-refractivity contribution < 1.29 is 65.4 Å². The molecule has 34 heavy (non-hydrogen) atoms. The Morgan fingerprint density at radius 3 is 1.41 bits per heavy atom. The molecule has 4 aromatic rings. The van der Waals surface area contributed by atoms with Crippen molar-refractivity contribution in [1.82, 2.24) is 0 Å². The van der Waals surface area contributed by atoms with Crippen molar-refractivity contribution >= 4 is 10.8 Å². The van der Waals surface area contributed by atoms with Gasteiger partial charge >= 0.3 is 0 Å². The fourth-order valence-electron chi connectivity index (χ4n) is 2.57. The molecule has 0 saturated carbocycles. The summed E-state index contributed by atoms with van der Waals surface area (Å²) in [6, 6.07) is 35.1. The van der Waals surface area contributed by atoms with Crippen LogP contribution >= 0.6 is 0 Å². The predicted molar refractivity (Wildman–Crippen MR) is 148 cm³/mol. The largest absolute Gasteiger partial charge is 0.184 e. The molecule has 4 rings (SSSR count). The first kappa shape index (κ1) is 40.5. The second-order valence-electron chi connectivity index (χ2n) is 5.93. The molecule has 0 aliphatic carbocycles. The van der Waals surface area contributed by atoms with Gasteiger partial charge in [0.15, 0.2) is 0 Å². The van der Waals surface area contributed by atoms with Crippen molar-refractivity contribution in [3.05, 3.63) is 108 Å². The average Bonchev–Trinajstić information content (AvgIpc) is 2.90. The summed E-state index contributed by atoms with van der Waals surface area (Å²) in [6.07, 6.45) is 0. The van der Waals surface area contributed by atoms with Gasteiger partial charge in [0.05, 0.1) is 0 Å². The average molecular weight is 607 g/mol. The molecule has 180 valence electrons. The number of fused-ring (bicyclic) bond motifs is 1. The topological polar surface area (TPSA) is 0 Å². The van der Waals surface area contributed by atoms with E-state index in [1.54, 1.807) is 0 Å². The summed E-state index contributed by atoms with van der Waals surface area (Å²) in [7, 11) is 0. The van der Waals surface area contributed by atoms with E-state index in [2.05, 4.69) is 86.6 Å². The fraction of sp³-hybridized carbons (Fsp3) is 0.312. The molecule has 0 spiro atoms. The van der Waals surface area contributed by atoms with Gasteiger partial charge in [-0.1, -0.05) is 103 Å². The summed E-state index contributed by atoms with van der Waals surface area (Å²) in [5.74, 6) is 0. The van der Waals surface area contributed by atoms with Crippen LogP contribution < -0.4 is 0 Å². The minimum absolute atomic E-state index is 0. The number of rotatable bonds is 1. The number of hydrogen-bond donors (Lipinski definition) is 0. The molecule has 0 aliphatic heterocycles. The first-order chi connectivity index (χ1) is 15.7. The zero-order valence-electron chi connectivity index (χ0n) is 23.2. The molecule has 0 atom stereocenters. The molecule has 0 nitrogen and oxygen atoms in total. The summed E-state index contributed by atoms with van der Waals surface area (Å²) >= 11 is 0. The molecular weight excluding hydrogens is 562 g/mol. The van der Waals surface area contributed by atoms with Gasteiger partial charge in [0, 0.05) is 65.4 Å². The maximum Gasteiger partial charge on any atom is 0 e. The summed E-state index contributed by atoms with van der Waals surface area (Å²) < 4.78 is 0. The van der Waals surface area contributed by atoms with Crippen LogP contribution in [-0.2, 0) is 65.4 Å². The van der Waals surface area contributed by atoms with Crippen LogP contribution in [0.2, 0.25) is 0 Å². The molecule has 0 heterocycles. The van der Waals surface area contributed by atoms with E-state index in [1.165, 1.54) is 33.0 Å². The van der Waals surface area contributed by atoms with Crippen molar-refractivity contribution in [3.63, 3.8) is 0 Å². The summed E-state index contributed by atoms with van der Waals surface area (Å²) in [6.45, 7) is 20.2. The molecule has 0 saturated heterocycles.